The highest BCUT2D eigenvalue weighted by atomic mass is 19.1. The lowest BCUT2D eigenvalue weighted by Crippen LogP contribution is -1.98. The Labute approximate surface area is 136 Å². The molecule has 122 valence electrons. The molecule has 0 saturated heterocycles. The molecule has 6 nitrogen and oxygen atoms in total. The fourth-order valence-corrected chi connectivity index (χ4v) is 2.66. The van der Waals surface area contributed by atoms with Gasteiger partial charge >= 0.3 is 6.01 Å². The summed E-state index contributed by atoms with van der Waals surface area (Å²) in [6.45, 7) is 0.516. The Hall–Kier alpha value is -2.93. The van der Waals surface area contributed by atoms with E-state index in [1.807, 2.05) is 29.8 Å². The van der Waals surface area contributed by atoms with E-state index in [2.05, 4.69) is 15.3 Å². The molecule has 0 spiro atoms. The lowest BCUT2D eigenvalue weighted by atomic mass is 10.2. The number of imidazole rings is 1. The molecular formula is C17H15FN4O2. The van der Waals surface area contributed by atoms with Crippen LogP contribution in [0.1, 0.15) is 5.56 Å². The van der Waals surface area contributed by atoms with Crippen molar-refractivity contribution in [3.63, 3.8) is 0 Å². The van der Waals surface area contributed by atoms with Gasteiger partial charge in [-0.1, -0.05) is 6.07 Å². The van der Waals surface area contributed by atoms with E-state index in [1.54, 1.807) is 13.2 Å². The third-order valence-corrected chi connectivity index (χ3v) is 3.82. The minimum absolute atomic E-state index is 0.320. The average Bonchev–Trinajstić information content (AvgIpc) is 3.08. The van der Waals surface area contributed by atoms with Crippen molar-refractivity contribution in [2.45, 2.75) is 6.61 Å². The van der Waals surface area contributed by atoms with Crippen molar-refractivity contribution >= 4 is 34.1 Å². The van der Waals surface area contributed by atoms with Crippen LogP contribution in [0, 0.1) is 5.82 Å². The summed E-state index contributed by atoms with van der Waals surface area (Å²) < 4.78 is 26.0. The standard InChI is InChI=1S/C17H15FN4O2/c1-22-14-5-4-11(18)8-12(14)19-16(22)21-17-20-13-7-10(9-23-2)3-6-15(13)24-17/h3-8H,9H2,1-2H3,(H,19,20,21). The van der Waals surface area contributed by atoms with Gasteiger partial charge in [-0.15, -0.1) is 0 Å². The molecule has 7 heteroatoms. The van der Waals surface area contributed by atoms with E-state index in [-0.39, 0.29) is 5.82 Å². The second-order valence-corrected chi connectivity index (χ2v) is 5.51. The van der Waals surface area contributed by atoms with Gasteiger partial charge in [-0.3, -0.25) is 5.32 Å². The molecular weight excluding hydrogens is 311 g/mol. The van der Waals surface area contributed by atoms with Crippen LogP contribution in [0.25, 0.3) is 22.1 Å². The Bertz CT molecular complexity index is 1040. The molecule has 0 bridgehead atoms. The first kappa shape index (κ1) is 14.6. The maximum atomic E-state index is 13.3. The van der Waals surface area contributed by atoms with E-state index in [4.69, 9.17) is 9.15 Å². The highest BCUT2D eigenvalue weighted by Crippen LogP contribution is 2.25. The fraction of sp³-hybridized carbons (Fsp3) is 0.176. The molecule has 0 saturated carbocycles. The Morgan fingerprint density at radius 2 is 2.04 bits per heavy atom. The van der Waals surface area contributed by atoms with E-state index in [1.165, 1.54) is 12.1 Å². The van der Waals surface area contributed by atoms with Crippen LogP contribution < -0.4 is 5.32 Å². The van der Waals surface area contributed by atoms with Gasteiger partial charge in [-0.05, 0) is 29.8 Å². The van der Waals surface area contributed by atoms with Crippen LogP contribution in [0.3, 0.4) is 0 Å². The molecule has 24 heavy (non-hydrogen) atoms. The number of halogens is 1. The largest absolute Gasteiger partial charge is 0.423 e. The summed E-state index contributed by atoms with van der Waals surface area (Å²) in [6, 6.07) is 10.5. The molecule has 0 radical (unpaired) electrons. The summed E-state index contributed by atoms with van der Waals surface area (Å²) in [6.07, 6.45) is 0. The van der Waals surface area contributed by atoms with Gasteiger partial charge in [0.2, 0.25) is 5.95 Å². The van der Waals surface area contributed by atoms with Crippen LogP contribution in [0.15, 0.2) is 40.8 Å². The van der Waals surface area contributed by atoms with E-state index >= 15 is 0 Å². The molecule has 0 unspecified atom stereocenters. The van der Waals surface area contributed by atoms with Crippen molar-refractivity contribution in [1.82, 2.24) is 14.5 Å². The molecule has 2 heterocycles. The fourth-order valence-electron chi connectivity index (χ4n) is 2.66. The lowest BCUT2D eigenvalue weighted by molar-refractivity contribution is 0.185. The number of methoxy groups -OCH3 is 1. The normalized spacial score (nSPS) is 11.5. The maximum absolute atomic E-state index is 13.3. The van der Waals surface area contributed by atoms with Crippen LogP contribution in [0.4, 0.5) is 16.4 Å². The van der Waals surface area contributed by atoms with E-state index in [0.29, 0.717) is 29.7 Å². The maximum Gasteiger partial charge on any atom is 0.302 e. The quantitative estimate of drug-likeness (QED) is 0.619. The number of nitrogens with one attached hydrogen (secondary N) is 1. The third-order valence-electron chi connectivity index (χ3n) is 3.82. The van der Waals surface area contributed by atoms with Crippen molar-refractivity contribution in [1.29, 1.82) is 0 Å². The number of benzene rings is 2. The summed E-state index contributed by atoms with van der Waals surface area (Å²) in [5.41, 5.74) is 3.80. The molecule has 2 aromatic carbocycles. The average molecular weight is 326 g/mol. The minimum Gasteiger partial charge on any atom is -0.423 e. The lowest BCUT2D eigenvalue weighted by Gasteiger charge is -2.01. The van der Waals surface area contributed by atoms with Gasteiger partial charge < -0.3 is 13.7 Å². The second-order valence-electron chi connectivity index (χ2n) is 5.51. The van der Waals surface area contributed by atoms with Crippen molar-refractivity contribution in [2.75, 3.05) is 12.4 Å². The third kappa shape index (κ3) is 2.48. The highest BCUT2D eigenvalue weighted by molar-refractivity contribution is 5.80. The van der Waals surface area contributed by atoms with Crippen molar-refractivity contribution in [3.05, 3.63) is 47.8 Å². The van der Waals surface area contributed by atoms with Gasteiger partial charge in [0.25, 0.3) is 0 Å². The van der Waals surface area contributed by atoms with Crippen LogP contribution >= 0.6 is 0 Å². The van der Waals surface area contributed by atoms with E-state index < -0.39 is 0 Å². The summed E-state index contributed by atoms with van der Waals surface area (Å²) in [5, 5.41) is 3.04. The smallest absolute Gasteiger partial charge is 0.302 e. The van der Waals surface area contributed by atoms with Gasteiger partial charge in [-0.2, -0.15) is 4.98 Å². The van der Waals surface area contributed by atoms with Crippen LogP contribution in [-0.2, 0) is 18.4 Å². The van der Waals surface area contributed by atoms with Gasteiger partial charge in [0.15, 0.2) is 5.58 Å². The Morgan fingerprint density at radius 3 is 2.88 bits per heavy atom. The number of ether oxygens (including phenoxy) is 1. The summed E-state index contributed by atoms with van der Waals surface area (Å²) in [5.74, 6) is 0.207. The van der Waals surface area contributed by atoms with Crippen molar-refractivity contribution < 1.29 is 13.5 Å². The zero-order valence-corrected chi connectivity index (χ0v) is 13.2. The first-order chi connectivity index (χ1) is 11.6. The van der Waals surface area contributed by atoms with Crippen LogP contribution in [0.5, 0.6) is 0 Å². The molecule has 0 aliphatic heterocycles. The molecule has 2 aromatic heterocycles. The molecule has 0 aliphatic rings. The predicted molar refractivity (Wildman–Crippen MR) is 88.7 cm³/mol. The molecule has 0 aliphatic carbocycles. The number of anilines is 2. The number of hydrogen-bond donors (Lipinski definition) is 1. The SMILES string of the molecule is COCc1ccc2oc(Nc3nc4cc(F)ccc4n3C)nc2c1. The molecule has 4 aromatic rings. The Balaban J connectivity index is 1.70. The topological polar surface area (TPSA) is 65.1 Å². The number of aryl methyl sites for hydroxylation is 1. The first-order valence-electron chi connectivity index (χ1n) is 7.41. The zero-order chi connectivity index (χ0) is 16.7. The number of rotatable bonds is 4. The summed E-state index contributed by atoms with van der Waals surface area (Å²) in [4.78, 5) is 8.80. The Kier molecular flexibility index (Phi) is 3.42. The molecule has 1 N–H and O–H groups in total. The monoisotopic (exact) mass is 326 g/mol. The van der Waals surface area contributed by atoms with Crippen molar-refractivity contribution in [2.24, 2.45) is 7.05 Å². The van der Waals surface area contributed by atoms with Gasteiger partial charge in [-0.25, -0.2) is 9.37 Å². The number of hydrogen-bond acceptors (Lipinski definition) is 5. The van der Waals surface area contributed by atoms with Crippen molar-refractivity contribution in [3.8, 4) is 0 Å². The predicted octanol–water partition coefficient (Wildman–Crippen LogP) is 3.74. The minimum atomic E-state index is -0.320. The summed E-state index contributed by atoms with van der Waals surface area (Å²) >= 11 is 0. The molecule has 0 fully saturated rings. The van der Waals surface area contributed by atoms with E-state index in [0.717, 1.165) is 16.6 Å². The second kappa shape index (κ2) is 5.61. The molecule has 0 amide bonds. The number of oxazole rings is 1. The Morgan fingerprint density at radius 1 is 1.17 bits per heavy atom. The number of aromatic nitrogens is 3. The van der Waals surface area contributed by atoms with Crippen LogP contribution in [0.2, 0.25) is 0 Å². The zero-order valence-electron chi connectivity index (χ0n) is 13.2. The first-order valence-corrected chi connectivity index (χ1v) is 7.41. The highest BCUT2D eigenvalue weighted by Gasteiger charge is 2.12. The molecule has 0 atom stereocenters. The number of fused-ring (bicyclic) bond motifs is 2. The molecule has 4 rings (SSSR count). The van der Waals surface area contributed by atoms with Crippen LogP contribution in [-0.4, -0.2) is 21.6 Å². The summed E-state index contributed by atoms with van der Waals surface area (Å²) in [7, 11) is 3.49. The number of nitrogens with zero attached hydrogens (tertiary/aromatic N) is 3. The van der Waals surface area contributed by atoms with Gasteiger partial charge in [0.1, 0.15) is 11.3 Å². The van der Waals surface area contributed by atoms with Gasteiger partial charge in [0, 0.05) is 20.2 Å². The van der Waals surface area contributed by atoms with Gasteiger partial charge in [0.05, 0.1) is 17.6 Å². The van der Waals surface area contributed by atoms with E-state index in [9.17, 15) is 4.39 Å².